The van der Waals surface area contributed by atoms with Gasteiger partial charge in [-0.3, -0.25) is 4.90 Å². The molecule has 1 aliphatic heterocycles. The fourth-order valence-electron chi connectivity index (χ4n) is 2.99. The average Bonchev–Trinajstić information content (AvgIpc) is 2.95. The van der Waals surface area contributed by atoms with Crippen molar-refractivity contribution in [1.29, 1.82) is 0 Å². The minimum absolute atomic E-state index is 0.281. The van der Waals surface area contributed by atoms with Crippen molar-refractivity contribution in [1.82, 2.24) is 4.90 Å². The minimum Gasteiger partial charge on any atom is -0.467 e. The number of ether oxygens (including phenoxy) is 1. The topological polar surface area (TPSA) is 45.8 Å². The molecule has 1 aliphatic rings. The Kier molecular flexibility index (Phi) is 6.07. The van der Waals surface area contributed by atoms with Crippen LogP contribution in [0.2, 0.25) is 0 Å². The van der Waals surface area contributed by atoms with Crippen LogP contribution in [0.3, 0.4) is 0 Å². The standard InChI is InChI=1S/C16H27NO3/c1-3-5-13(2)11-17-7-9-19-12-14(17)10-15(18)16-6-4-8-20-16/h4,6,8,13-15,18H,3,5,7,9-12H2,1-2H3. The van der Waals surface area contributed by atoms with Crippen molar-refractivity contribution >= 4 is 0 Å². The fraction of sp³-hybridized carbons (Fsp3) is 0.750. The van der Waals surface area contributed by atoms with E-state index in [0.717, 1.165) is 19.7 Å². The molecule has 1 fully saturated rings. The van der Waals surface area contributed by atoms with Gasteiger partial charge in [0, 0.05) is 19.1 Å². The van der Waals surface area contributed by atoms with E-state index in [1.54, 1.807) is 6.26 Å². The molecule has 0 amide bonds. The third-order valence-corrected chi connectivity index (χ3v) is 4.04. The van der Waals surface area contributed by atoms with Crippen LogP contribution in [-0.4, -0.2) is 42.4 Å². The highest BCUT2D eigenvalue weighted by Crippen LogP contribution is 2.24. The first-order valence-electron chi connectivity index (χ1n) is 7.74. The summed E-state index contributed by atoms with van der Waals surface area (Å²) in [6, 6.07) is 3.93. The molecule has 0 spiro atoms. The second-order valence-electron chi connectivity index (χ2n) is 5.88. The molecule has 1 saturated heterocycles. The normalized spacial score (nSPS) is 23.6. The molecule has 2 heterocycles. The van der Waals surface area contributed by atoms with Gasteiger partial charge in [-0.25, -0.2) is 0 Å². The van der Waals surface area contributed by atoms with E-state index in [4.69, 9.17) is 9.15 Å². The van der Waals surface area contributed by atoms with Crippen LogP contribution < -0.4 is 0 Å². The Morgan fingerprint density at radius 1 is 1.50 bits per heavy atom. The van der Waals surface area contributed by atoms with Gasteiger partial charge in [0.25, 0.3) is 0 Å². The lowest BCUT2D eigenvalue weighted by molar-refractivity contribution is -0.0338. The van der Waals surface area contributed by atoms with Crippen molar-refractivity contribution in [3.63, 3.8) is 0 Å². The van der Waals surface area contributed by atoms with E-state index in [0.29, 0.717) is 24.7 Å². The number of hydrogen-bond acceptors (Lipinski definition) is 4. The number of rotatable bonds is 7. The summed E-state index contributed by atoms with van der Waals surface area (Å²) in [6.45, 7) is 8.09. The first kappa shape index (κ1) is 15.5. The highest BCUT2D eigenvalue weighted by molar-refractivity contribution is 5.02. The molecule has 4 nitrogen and oxygen atoms in total. The minimum atomic E-state index is -0.541. The van der Waals surface area contributed by atoms with E-state index in [1.807, 2.05) is 12.1 Å². The first-order valence-corrected chi connectivity index (χ1v) is 7.74. The number of hydrogen-bond donors (Lipinski definition) is 1. The molecular weight excluding hydrogens is 254 g/mol. The number of furan rings is 1. The molecule has 0 bridgehead atoms. The van der Waals surface area contributed by atoms with E-state index < -0.39 is 6.10 Å². The first-order chi connectivity index (χ1) is 9.70. The Bertz CT molecular complexity index is 366. The van der Waals surface area contributed by atoms with Crippen LogP contribution in [-0.2, 0) is 4.74 Å². The van der Waals surface area contributed by atoms with Gasteiger partial charge in [-0.1, -0.05) is 20.3 Å². The molecule has 2 rings (SSSR count). The average molecular weight is 281 g/mol. The SMILES string of the molecule is CCCC(C)CN1CCOCC1CC(O)c1ccco1. The summed E-state index contributed by atoms with van der Waals surface area (Å²) in [5.74, 6) is 1.35. The summed E-state index contributed by atoms with van der Waals surface area (Å²) in [5.41, 5.74) is 0. The quantitative estimate of drug-likeness (QED) is 0.835. The molecule has 0 radical (unpaired) electrons. The summed E-state index contributed by atoms with van der Waals surface area (Å²) >= 11 is 0. The zero-order valence-corrected chi connectivity index (χ0v) is 12.6. The molecule has 0 saturated carbocycles. The Labute approximate surface area is 121 Å². The third kappa shape index (κ3) is 4.33. The molecule has 1 aromatic heterocycles. The molecule has 3 atom stereocenters. The zero-order chi connectivity index (χ0) is 14.4. The summed E-state index contributed by atoms with van der Waals surface area (Å²) in [7, 11) is 0. The largest absolute Gasteiger partial charge is 0.467 e. The van der Waals surface area contributed by atoms with Gasteiger partial charge in [-0.05, 0) is 30.9 Å². The third-order valence-electron chi connectivity index (χ3n) is 4.04. The molecule has 1 aromatic rings. The van der Waals surface area contributed by atoms with E-state index in [1.165, 1.54) is 12.8 Å². The Balaban J connectivity index is 1.89. The van der Waals surface area contributed by atoms with Gasteiger partial charge in [0.2, 0.25) is 0 Å². The lowest BCUT2D eigenvalue weighted by atomic mass is 10.0. The summed E-state index contributed by atoms with van der Waals surface area (Å²) in [5, 5.41) is 10.2. The van der Waals surface area contributed by atoms with Gasteiger partial charge in [0.05, 0.1) is 19.5 Å². The van der Waals surface area contributed by atoms with Gasteiger partial charge < -0.3 is 14.3 Å². The van der Waals surface area contributed by atoms with Crippen molar-refractivity contribution in [3.8, 4) is 0 Å². The summed E-state index contributed by atoms with van der Waals surface area (Å²) in [6.07, 6.45) is 4.22. The van der Waals surface area contributed by atoms with Crippen molar-refractivity contribution in [2.24, 2.45) is 5.92 Å². The number of aliphatic hydroxyl groups excluding tert-OH is 1. The van der Waals surface area contributed by atoms with Gasteiger partial charge >= 0.3 is 0 Å². The van der Waals surface area contributed by atoms with Crippen LogP contribution >= 0.6 is 0 Å². The number of morpholine rings is 1. The fourth-order valence-corrected chi connectivity index (χ4v) is 2.99. The maximum atomic E-state index is 10.2. The summed E-state index contributed by atoms with van der Waals surface area (Å²) in [4.78, 5) is 2.47. The molecule has 0 aromatic carbocycles. The predicted molar refractivity (Wildman–Crippen MR) is 78.5 cm³/mol. The van der Waals surface area contributed by atoms with Crippen LogP contribution in [0, 0.1) is 5.92 Å². The van der Waals surface area contributed by atoms with Gasteiger partial charge in [-0.15, -0.1) is 0 Å². The molecule has 114 valence electrons. The Morgan fingerprint density at radius 3 is 3.05 bits per heavy atom. The predicted octanol–water partition coefficient (Wildman–Crippen LogP) is 2.84. The van der Waals surface area contributed by atoms with Crippen LogP contribution in [0.5, 0.6) is 0 Å². The Hall–Kier alpha value is -0.840. The lowest BCUT2D eigenvalue weighted by Crippen LogP contribution is -2.47. The number of aliphatic hydroxyl groups is 1. The molecule has 4 heteroatoms. The van der Waals surface area contributed by atoms with E-state index in [9.17, 15) is 5.11 Å². The van der Waals surface area contributed by atoms with Crippen LogP contribution in [0.25, 0.3) is 0 Å². The molecular formula is C16H27NO3. The van der Waals surface area contributed by atoms with Gasteiger partial charge in [-0.2, -0.15) is 0 Å². The van der Waals surface area contributed by atoms with Gasteiger partial charge in [0.1, 0.15) is 11.9 Å². The lowest BCUT2D eigenvalue weighted by Gasteiger charge is -2.37. The number of nitrogens with zero attached hydrogens (tertiary/aromatic N) is 1. The second kappa shape index (κ2) is 7.81. The van der Waals surface area contributed by atoms with E-state index >= 15 is 0 Å². The zero-order valence-electron chi connectivity index (χ0n) is 12.6. The van der Waals surface area contributed by atoms with Crippen molar-refractivity contribution in [2.45, 2.75) is 45.3 Å². The van der Waals surface area contributed by atoms with Crippen LogP contribution in [0.4, 0.5) is 0 Å². The van der Waals surface area contributed by atoms with Crippen molar-refractivity contribution in [2.75, 3.05) is 26.3 Å². The molecule has 1 N–H and O–H groups in total. The maximum absolute atomic E-state index is 10.2. The van der Waals surface area contributed by atoms with Crippen molar-refractivity contribution < 1.29 is 14.3 Å². The van der Waals surface area contributed by atoms with Gasteiger partial charge in [0.15, 0.2) is 0 Å². The monoisotopic (exact) mass is 281 g/mol. The second-order valence-corrected chi connectivity index (χ2v) is 5.88. The van der Waals surface area contributed by atoms with E-state index in [-0.39, 0.29) is 6.04 Å². The van der Waals surface area contributed by atoms with E-state index in [2.05, 4.69) is 18.7 Å². The molecule has 3 unspecified atom stereocenters. The maximum Gasteiger partial charge on any atom is 0.132 e. The van der Waals surface area contributed by atoms with Crippen LogP contribution in [0.15, 0.2) is 22.8 Å². The highest BCUT2D eigenvalue weighted by Gasteiger charge is 2.27. The van der Waals surface area contributed by atoms with Crippen LogP contribution in [0.1, 0.15) is 45.0 Å². The van der Waals surface area contributed by atoms with Crippen molar-refractivity contribution in [3.05, 3.63) is 24.2 Å². The summed E-state index contributed by atoms with van der Waals surface area (Å²) < 4.78 is 10.9. The molecule has 20 heavy (non-hydrogen) atoms. The Morgan fingerprint density at radius 2 is 2.35 bits per heavy atom. The molecule has 0 aliphatic carbocycles. The highest BCUT2D eigenvalue weighted by atomic mass is 16.5. The smallest absolute Gasteiger partial charge is 0.132 e.